The highest BCUT2D eigenvalue weighted by atomic mass is 16.6. The minimum Gasteiger partial charge on any atom is -0.466 e. The Hall–Kier alpha value is -1.06. The summed E-state index contributed by atoms with van der Waals surface area (Å²) < 4.78 is 10.3. The van der Waals surface area contributed by atoms with Crippen LogP contribution >= 0.6 is 0 Å². The van der Waals surface area contributed by atoms with Gasteiger partial charge in [0.2, 0.25) is 0 Å². The predicted molar refractivity (Wildman–Crippen MR) is 158 cm³/mol. The Balaban J connectivity index is 3.29. The molecule has 4 heteroatoms. The minimum atomic E-state index is -0.282. The Bertz CT molecular complexity index is 503. The molecular formula is C33H64O4. The van der Waals surface area contributed by atoms with Crippen LogP contribution in [-0.4, -0.2) is 24.6 Å². The molecule has 37 heavy (non-hydrogen) atoms. The van der Waals surface area contributed by atoms with Gasteiger partial charge in [0.25, 0.3) is 0 Å². The molecule has 0 aromatic heterocycles. The average molecular weight is 525 g/mol. The lowest BCUT2D eigenvalue weighted by molar-refractivity contribution is -0.148. The van der Waals surface area contributed by atoms with Crippen molar-refractivity contribution < 1.29 is 19.1 Å². The van der Waals surface area contributed by atoms with Gasteiger partial charge in [-0.15, -0.1) is 0 Å². The van der Waals surface area contributed by atoms with Crippen LogP contribution in [0.25, 0.3) is 0 Å². The van der Waals surface area contributed by atoms with Crippen molar-refractivity contribution >= 4 is 11.9 Å². The van der Waals surface area contributed by atoms with Gasteiger partial charge in [-0.1, -0.05) is 149 Å². The third-order valence-corrected chi connectivity index (χ3v) is 7.39. The van der Waals surface area contributed by atoms with Crippen LogP contribution in [0.3, 0.4) is 0 Å². The SMILES string of the molecule is CC(=O)OCCC(CCCCCCCCCCCCCCCCCCCCCCCC(C)C)OC(C)=O. The van der Waals surface area contributed by atoms with Crippen LogP contribution in [-0.2, 0) is 19.1 Å². The molecule has 0 aromatic rings. The zero-order valence-electron chi connectivity index (χ0n) is 25.5. The second kappa shape index (κ2) is 28.0. The maximum absolute atomic E-state index is 11.3. The van der Waals surface area contributed by atoms with Gasteiger partial charge in [-0.05, 0) is 18.8 Å². The molecule has 0 saturated heterocycles. The van der Waals surface area contributed by atoms with Gasteiger partial charge >= 0.3 is 11.9 Å². The van der Waals surface area contributed by atoms with Crippen molar-refractivity contribution in [3.63, 3.8) is 0 Å². The van der Waals surface area contributed by atoms with E-state index in [1.807, 2.05) is 0 Å². The van der Waals surface area contributed by atoms with Crippen molar-refractivity contribution in [3.8, 4) is 0 Å². The molecule has 0 aromatic carbocycles. The molecule has 0 fully saturated rings. The number of carbonyl (C=O) groups excluding carboxylic acids is 2. The van der Waals surface area contributed by atoms with E-state index in [-0.39, 0.29) is 18.0 Å². The van der Waals surface area contributed by atoms with Crippen LogP contribution in [0, 0.1) is 5.92 Å². The van der Waals surface area contributed by atoms with E-state index in [1.165, 1.54) is 149 Å². The number of esters is 2. The van der Waals surface area contributed by atoms with Gasteiger partial charge in [0.05, 0.1) is 6.61 Å². The second-order valence-corrected chi connectivity index (χ2v) is 11.8. The first kappa shape index (κ1) is 35.9. The van der Waals surface area contributed by atoms with Gasteiger partial charge in [-0.2, -0.15) is 0 Å². The number of carbonyl (C=O) groups is 2. The first-order valence-corrected chi connectivity index (χ1v) is 16.2. The van der Waals surface area contributed by atoms with Crippen molar-refractivity contribution in [2.75, 3.05) is 6.61 Å². The monoisotopic (exact) mass is 524 g/mol. The Morgan fingerprint density at radius 1 is 0.459 bits per heavy atom. The summed E-state index contributed by atoms with van der Waals surface area (Å²) in [6.07, 6.45) is 31.8. The van der Waals surface area contributed by atoms with E-state index in [0.717, 1.165) is 18.8 Å². The summed E-state index contributed by atoms with van der Waals surface area (Å²) in [5.74, 6) is 0.342. The first-order valence-electron chi connectivity index (χ1n) is 16.2. The Labute approximate surface area is 231 Å². The van der Waals surface area contributed by atoms with E-state index in [0.29, 0.717) is 13.0 Å². The van der Waals surface area contributed by atoms with Gasteiger partial charge < -0.3 is 9.47 Å². The van der Waals surface area contributed by atoms with Crippen LogP contribution in [0.2, 0.25) is 0 Å². The molecule has 0 amide bonds. The molecule has 220 valence electrons. The standard InChI is InChI=1S/C33H64O4/c1-30(2)26-24-22-20-18-16-14-12-10-8-6-5-7-9-11-13-15-17-19-21-23-25-27-33(37-32(4)35)28-29-36-31(3)34/h30,33H,5-29H2,1-4H3. The summed E-state index contributed by atoms with van der Waals surface area (Å²) in [4.78, 5) is 22.1. The predicted octanol–water partition coefficient (Wildman–Crippen LogP) is 10.5. The second-order valence-electron chi connectivity index (χ2n) is 11.8. The Kier molecular flexibility index (Phi) is 27.2. The molecule has 0 aliphatic carbocycles. The van der Waals surface area contributed by atoms with Crippen LogP contribution in [0.4, 0.5) is 0 Å². The van der Waals surface area contributed by atoms with E-state index in [4.69, 9.17) is 9.47 Å². The molecule has 1 unspecified atom stereocenters. The van der Waals surface area contributed by atoms with Crippen molar-refractivity contribution in [1.82, 2.24) is 0 Å². The molecule has 0 N–H and O–H groups in total. The lowest BCUT2D eigenvalue weighted by Crippen LogP contribution is -2.19. The molecule has 1 atom stereocenters. The molecular weight excluding hydrogens is 460 g/mol. The zero-order chi connectivity index (χ0) is 27.4. The molecule has 0 spiro atoms. The molecule has 0 aliphatic rings. The van der Waals surface area contributed by atoms with E-state index in [9.17, 15) is 9.59 Å². The topological polar surface area (TPSA) is 52.6 Å². The number of rotatable bonds is 28. The van der Waals surface area contributed by atoms with Crippen LogP contribution in [0.5, 0.6) is 0 Å². The maximum Gasteiger partial charge on any atom is 0.302 e. The Morgan fingerprint density at radius 3 is 1.08 bits per heavy atom. The van der Waals surface area contributed by atoms with Crippen molar-refractivity contribution in [1.29, 1.82) is 0 Å². The number of ether oxygens (including phenoxy) is 2. The smallest absolute Gasteiger partial charge is 0.302 e. The quantitative estimate of drug-likeness (QED) is 0.0754. The van der Waals surface area contributed by atoms with Gasteiger partial charge in [0, 0.05) is 20.3 Å². The average Bonchev–Trinajstić information content (AvgIpc) is 2.83. The molecule has 0 saturated carbocycles. The summed E-state index contributed by atoms with van der Waals surface area (Å²) >= 11 is 0. The first-order chi connectivity index (χ1) is 17.9. The molecule has 0 aliphatic heterocycles. The van der Waals surface area contributed by atoms with Crippen LogP contribution in [0.1, 0.15) is 182 Å². The summed E-state index contributed by atoms with van der Waals surface area (Å²) in [7, 11) is 0. The molecule has 4 nitrogen and oxygen atoms in total. The van der Waals surface area contributed by atoms with Crippen molar-refractivity contribution in [2.45, 2.75) is 188 Å². The molecule has 0 bridgehead atoms. The Morgan fingerprint density at radius 2 is 0.784 bits per heavy atom. The van der Waals surface area contributed by atoms with Crippen molar-refractivity contribution in [3.05, 3.63) is 0 Å². The van der Waals surface area contributed by atoms with Gasteiger partial charge in [-0.25, -0.2) is 0 Å². The van der Waals surface area contributed by atoms with Gasteiger partial charge in [0.15, 0.2) is 0 Å². The third-order valence-electron chi connectivity index (χ3n) is 7.39. The van der Waals surface area contributed by atoms with Crippen LogP contribution in [0.15, 0.2) is 0 Å². The van der Waals surface area contributed by atoms with E-state index in [2.05, 4.69) is 13.8 Å². The van der Waals surface area contributed by atoms with Gasteiger partial charge in [0.1, 0.15) is 6.10 Å². The highest BCUT2D eigenvalue weighted by Gasteiger charge is 2.12. The summed E-state index contributed by atoms with van der Waals surface area (Å²) in [6.45, 7) is 7.84. The summed E-state index contributed by atoms with van der Waals surface area (Å²) in [6, 6.07) is 0. The lowest BCUT2D eigenvalue weighted by atomic mass is 10.0. The lowest BCUT2D eigenvalue weighted by Gasteiger charge is -2.16. The normalized spacial score (nSPS) is 12.1. The third kappa shape index (κ3) is 31.1. The summed E-state index contributed by atoms with van der Waals surface area (Å²) in [5, 5.41) is 0. The fourth-order valence-corrected chi connectivity index (χ4v) is 5.11. The number of hydrogen-bond donors (Lipinski definition) is 0. The fourth-order valence-electron chi connectivity index (χ4n) is 5.11. The van der Waals surface area contributed by atoms with Crippen molar-refractivity contribution in [2.24, 2.45) is 5.92 Å². The number of hydrogen-bond acceptors (Lipinski definition) is 4. The minimum absolute atomic E-state index is 0.129. The summed E-state index contributed by atoms with van der Waals surface area (Å²) in [5.41, 5.74) is 0. The molecule has 0 radical (unpaired) electrons. The maximum atomic E-state index is 11.3. The van der Waals surface area contributed by atoms with Gasteiger partial charge in [-0.3, -0.25) is 9.59 Å². The highest BCUT2D eigenvalue weighted by Crippen LogP contribution is 2.17. The fraction of sp³-hybridized carbons (Fsp3) is 0.939. The molecule has 0 heterocycles. The van der Waals surface area contributed by atoms with E-state index < -0.39 is 0 Å². The molecule has 0 rings (SSSR count). The number of unbranched alkanes of at least 4 members (excludes halogenated alkanes) is 20. The highest BCUT2D eigenvalue weighted by molar-refractivity contribution is 5.66. The van der Waals surface area contributed by atoms with Crippen LogP contribution < -0.4 is 0 Å². The van der Waals surface area contributed by atoms with E-state index in [1.54, 1.807) is 0 Å². The zero-order valence-corrected chi connectivity index (χ0v) is 25.5. The van der Waals surface area contributed by atoms with E-state index >= 15 is 0 Å². The largest absolute Gasteiger partial charge is 0.466 e.